The maximum absolute atomic E-state index is 12.0. The van der Waals surface area contributed by atoms with E-state index in [2.05, 4.69) is 56.8 Å². The first-order chi connectivity index (χ1) is 15.0. The molecule has 0 atom stereocenters. The van der Waals surface area contributed by atoms with Crippen LogP contribution < -0.4 is 10.6 Å². The molecule has 3 N–H and O–H groups in total. The van der Waals surface area contributed by atoms with Crippen molar-refractivity contribution in [2.24, 2.45) is 4.99 Å². The normalized spacial score (nSPS) is 14.8. The fraction of sp³-hybridized carbons (Fsp3) is 0.565. The monoisotopic (exact) mass is 556 g/mol. The summed E-state index contributed by atoms with van der Waals surface area (Å²) in [6.45, 7) is 8.49. The highest BCUT2D eigenvalue weighted by molar-refractivity contribution is 14.0. The topological polar surface area (TPSA) is 85.0 Å². The maximum atomic E-state index is 12.0. The van der Waals surface area contributed by atoms with Crippen LogP contribution >= 0.6 is 24.0 Å². The van der Waals surface area contributed by atoms with Crippen LogP contribution in [-0.4, -0.2) is 93.2 Å². The van der Waals surface area contributed by atoms with Gasteiger partial charge in [0, 0.05) is 57.4 Å². The molecule has 1 aliphatic rings. The summed E-state index contributed by atoms with van der Waals surface area (Å²) in [5.74, 6) is 0.676. The summed E-state index contributed by atoms with van der Waals surface area (Å²) in [5.41, 5.74) is 3.73. The zero-order valence-corrected chi connectivity index (χ0v) is 21.8. The molecule has 178 valence electrons. The quantitative estimate of drug-likeness (QED) is 0.191. The molecule has 0 spiro atoms. The average molecular weight is 556 g/mol. The number of benzene rings is 1. The van der Waals surface area contributed by atoms with E-state index in [1.54, 1.807) is 19.0 Å². The maximum Gasteiger partial charge on any atom is 0.243 e. The van der Waals surface area contributed by atoms with Crippen molar-refractivity contribution in [2.45, 2.75) is 19.8 Å². The summed E-state index contributed by atoms with van der Waals surface area (Å²) in [6.07, 6.45) is 3.98. The van der Waals surface area contributed by atoms with Crippen LogP contribution in [0.2, 0.25) is 0 Å². The highest BCUT2D eigenvalue weighted by Crippen LogP contribution is 2.21. The van der Waals surface area contributed by atoms with Crippen LogP contribution in [0, 0.1) is 6.92 Å². The van der Waals surface area contributed by atoms with E-state index in [-0.39, 0.29) is 36.4 Å². The van der Waals surface area contributed by atoms with Gasteiger partial charge in [0.15, 0.2) is 5.96 Å². The minimum absolute atomic E-state index is 0. The molecule has 1 aromatic heterocycles. The third-order valence-electron chi connectivity index (χ3n) is 5.61. The Hall–Kier alpha value is -1.85. The SMILES string of the molecule is Cc1cccc2c(CCNC(=NCC(=O)N(C)C)NCCCN3CCOCC3)c[nH]c12.I. The molecule has 1 fully saturated rings. The summed E-state index contributed by atoms with van der Waals surface area (Å²) < 4.78 is 5.40. The summed E-state index contributed by atoms with van der Waals surface area (Å²) in [4.78, 5) is 23.8. The highest BCUT2D eigenvalue weighted by Gasteiger charge is 2.10. The predicted octanol–water partition coefficient (Wildman–Crippen LogP) is 1.98. The Morgan fingerprint density at radius 2 is 1.97 bits per heavy atom. The van der Waals surface area contributed by atoms with Crippen LogP contribution in [0.1, 0.15) is 17.5 Å². The molecule has 32 heavy (non-hydrogen) atoms. The van der Waals surface area contributed by atoms with Crippen molar-refractivity contribution >= 4 is 46.7 Å². The smallest absolute Gasteiger partial charge is 0.243 e. The predicted molar refractivity (Wildman–Crippen MR) is 141 cm³/mol. The van der Waals surface area contributed by atoms with Crippen molar-refractivity contribution in [1.29, 1.82) is 0 Å². The number of hydrogen-bond acceptors (Lipinski definition) is 4. The fourth-order valence-electron chi connectivity index (χ4n) is 3.68. The van der Waals surface area contributed by atoms with Crippen LogP contribution in [-0.2, 0) is 16.0 Å². The standard InChI is InChI=1S/C23H36N6O2.HI/c1-18-6-4-7-20-19(16-26-22(18)20)8-10-25-23(27-17-21(30)28(2)3)24-9-5-11-29-12-14-31-15-13-29;/h4,6-7,16,26H,5,8-15,17H2,1-3H3,(H2,24,25,27);1H. The Morgan fingerprint density at radius 3 is 2.72 bits per heavy atom. The first-order valence-corrected chi connectivity index (χ1v) is 11.1. The van der Waals surface area contributed by atoms with Crippen LogP contribution in [0.15, 0.2) is 29.4 Å². The van der Waals surface area contributed by atoms with Gasteiger partial charge in [-0.2, -0.15) is 0 Å². The molecule has 1 saturated heterocycles. The van der Waals surface area contributed by atoms with Crippen molar-refractivity contribution in [2.75, 3.05) is 66.6 Å². The van der Waals surface area contributed by atoms with Gasteiger partial charge in [0.1, 0.15) is 6.54 Å². The van der Waals surface area contributed by atoms with Crippen LogP contribution in [0.4, 0.5) is 0 Å². The molecule has 1 aliphatic heterocycles. The first-order valence-electron chi connectivity index (χ1n) is 11.1. The summed E-state index contributed by atoms with van der Waals surface area (Å²) in [6, 6.07) is 6.37. The molecule has 8 nitrogen and oxygen atoms in total. The molecule has 1 aromatic carbocycles. The lowest BCUT2D eigenvalue weighted by atomic mass is 10.1. The van der Waals surface area contributed by atoms with Crippen molar-refractivity contribution < 1.29 is 9.53 Å². The number of ether oxygens (including phenoxy) is 1. The number of carbonyl (C=O) groups is 1. The van der Waals surface area contributed by atoms with Crippen molar-refractivity contribution in [3.05, 3.63) is 35.5 Å². The number of nitrogens with one attached hydrogen (secondary N) is 3. The number of halogens is 1. The molecule has 3 rings (SSSR count). The average Bonchev–Trinajstić information content (AvgIpc) is 3.19. The third-order valence-corrected chi connectivity index (χ3v) is 5.61. The second-order valence-electron chi connectivity index (χ2n) is 8.18. The summed E-state index contributed by atoms with van der Waals surface area (Å²) >= 11 is 0. The number of aryl methyl sites for hydroxylation is 1. The molecule has 0 aliphatic carbocycles. The highest BCUT2D eigenvalue weighted by atomic mass is 127. The largest absolute Gasteiger partial charge is 0.379 e. The molecular formula is C23H37IN6O2. The van der Waals surface area contributed by atoms with E-state index >= 15 is 0 Å². The Kier molecular flexibility index (Phi) is 11.3. The minimum atomic E-state index is -0.0125. The van der Waals surface area contributed by atoms with Gasteiger partial charge in [0.2, 0.25) is 5.91 Å². The van der Waals surface area contributed by atoms with Crippen LogP contribution in [0.5, 0.6) is 0 Å². The van der Waals surface area contributed by atoms with Gasteiger partial charge in [-0.05, 0) is 37.4 Å². The van der Waals surface area contributed by atoms with Gasteiger partial charge < -0.3 is 25.3 Å². The Labute approximate surface area is 208 Å². The van der Waals surface area contributed by atoms with Crippen molar-refractivity contribution in [3.63, 3.8) is 0 Å². The zero-order chi connectivity index (χ0) is 22.1. The lowest BCUT2D eigenvalue weighted by molar-refractivity contribution is -0.127. The number of amides is 1. The molecule has 0 bridgehead atoms. The minimum Gasteiger partial charge on any atom is -0.379 e. The first kappa shape index (κ1) is 26.4. The lowest BCUT2D eigenvalue weighted by Crippen LogP contribution is -2.41. The molecule has 9 heteroatoms. The Balaban J connectivity index is 0.00000363. The van der Waals surface area contributed by atoms with Gasteiger partial charge in [0.25, 0.3) is 0 Å². The number of hydrogen-bond donors (Lipinski definition) is 3. The molecule has 2 aromatic rings. The molecular weight excluding hydrogens is 519 g/mol. The van der Waals surface area contributed by atoms with E-state index in [0.29, 0.717) is 5.96 Å². The van der Waals surface area contributed by atoms with Gasteiger partial charge in [0.05, 0.1) is 13.2 Å². The Morgan fingerprint density at radius 1 is 1.22 bits per heavy atom. The van der Waals surface area contributed by atoms with E-state index in [1.807, 2.05) is 0 Å². The van der Waals surface area contributed by atoms with Crippen LogP contribution in [0.3, 0.4) is 0 Å². The van der Waals surface area contributed by atoms with Gasteiger partial charge in [-0.3, -0.25) is 9.69 Å². The Bertz CT molecular complexity index is 876. The number of aromatic amines is 1. The number of aliphatic imine (C=N–C) groups is 1. The van der Waals surface area contributed by atoms with E-state index in [1.165, 1.54) is 22.0 Å². The number of carbonyl (C=O) groups excluding carboxylic acids is 1. The van der Waals surface area contributed by atoms with E-state index < -0.39 is 0 Å². The van der Waals surface area contributed by atoms with Crippen LogP contribution in [0.25, 0.3) is 10.9 Å². The fourth-order valence-corrected chi connectivity index (χ4v) is 3.68. The molecule has 0 unspecified atom stereocenters. The second-order valence-corrected chi connectivity index (χ2v) is 8.18. The number of H-pyrrole nitrogens is 1. The van der Waals surface area contributed by atoms with Crippen molar-refractivity contribution in [1.82, 2.24) is 25.4 Å². The van der Waals surface area contributed by atoms with Crippen molar-refractivity contribution in [3.8, 4) is 0 Å². The number of para-hydroxylation sites is 1. The van der Waals surface area contributed by atoms with Gasteiger partial charge in [-0.1, -0.05) is 18.2 Å². The van der Waals surface area contributed by atoms with E-state index in [0.717, 1.165) is 58.8 Å². The van der Waals surface area contributed by atoms with Gasteiger partial charge in [-0.15, -0.1) is 24.0 Å². The number of guanidine groups is 1. The summed E-state index contributed by atoms with van der Waals surface area (Å²) in [5, 5.41) is 8.04. The lowest BCUT2D eigenvalue weighted by Gasteiger charge is -2.26. The number of rotatable bonds is 9. The molecule has 0 radical (unpaired) electrons. The molecule has 2 heterocycles. The second kappa shape index (κ2) is 13.6. The number of aromatic nitrogens is 1. The van der Waals surface area contributed by atoms with Gasteiger partial charge >= 0.3 is 0 Å². The van der Waals surface area contributed by atoms with E-state index in [9.17, 15) is 4.79 Å². The number of nitrogens with zero attached hydrogens (tertiary/aromatic N) is 3. The number of likely N-dealkylation sites (N-methyl/N-ethyl adjacent to an activating group) is 1. The number of fused-ring (bicyclic) bond motifs is 1. The van der Waals surface area contributed by atoms with Gasteiger partial charge in [-0.25, -0.2) is 4.99 Å². The van der Waals surface area contributed by atoms with E-state index in [4.69, 9.17) is 4.74 Å². The molecule has 1 amide bonds. The number of morpholine rings is 1. The summed E-state index contributed by atoms with van der Waals surface area (Å²) in [7, 11) is 3.50. The third kappa shape index (κ3) is 7.93. The molecule has 0 saturated carbocycles. The zero-order valence-electron chi connectivity index (χ0n) is 19.4.